The number of carbonyl (C=O) groups excluding carboxylic acids is 1. The normalized spacial score (nSPS) is 11.8. The third-order valence-electron chi connectivity index (χ3n) is 4.00. The molecular weight excluding hydrogens is 304 g/mol. The Bertz CT molecular complexity index is 1020. The van der Waals surface area contributed by atoms with Gasteiger partial charge in [0.1, 0.15) is 0 Å². The van der Waals surface area contributed by atoms with Gasteiger partial charge in [0.05, 0.1) is 12.7 Å². The minimum absolute atomic E-state index is 0.177. The van der Waals surface area contributed by atoms with E-state index in [4.69, 9.17) is 4.74 Å². The molecule has 0 bridgehead atoms. The number of hydrogen-bond acceptors (Lipinski definition) is 2. The van der Waals surface area contributed by atoms with Crippen molar-refractivity contribution in [3.63, 3.8) is 0 Å². The van der Waals surface area contributed by atoms with Gasteiger partial charge in [-0.05, 0) is 36.4 Å². The highest BCUT2D eigenvalue weighted by molar-refractivity contribution is 7.50. The molecule has 23 heavy (non-hydrogen) atoms. The van der Waals surface area contributed by atoms with Crippen LogP contribution in [0, 0.1) is 0 Å². The van der Waals surface area contributed by atoms with Gasteiger partial charge in [0, 0.05) is 27.3 Å². The van der Waals surface area contributed by atoms with Crippen molar-refractivity contribution in [2.24, 2.45) is 0 Å². The molecule has 0 aliphatic heterocycles. The minimum Gasteiger partial charge on any atom is -0.465 e. The Balaban J connectivity index is 2.13. The van der Waals surface area contributed by atoms with Crippen molar-refractivity contribution >= 4 is 36.6 Å². The van der Waals surface area contributed by atoms with Crippen molar-refractivity contribution in [3.05, 3.63) is 78.4 Å². The second kappa shape index (κ2) is 5.52. The highest BCUT2D eigenvalue weighted by Gasteiger charge is 2.24. The molecule has 112 valence electrons. The van der Waals surface area contributed by atoms with Gasteiger partial charge in [-0.3, -0.25) is 0 Å². The fraction of sp³-hybridized carbons (Fsp3) is 0.0500. The lowest BCUT2D eigenvalue weighted by atomic mass is 10.1. The fourth-order valence-electron chi connectivity index (χ4n) is 2.95. The Hall–Kier alpha value is -2.65. The minimum atomic E-state index is -0.291. The van der Waals surface area contributed by atoms with Gasteiger partial charge in [-0.25, -0.2) is 4.79 Å². The molecule has 0 aliphatic rings. The topological polar surface area (TPSA) is 26.3 Å². The molecule has 1 aromatic heterocycles. The summed E-state index contributed by atoms with van der Waals surface area (Å²) in [6, 6.07) is 24.8. The van der Waals surface area contributed by atoms with Crippen LogP contribution in [0.1, 0.15) is 10.4 Å². The van der Waals surface area contributed by atoms with E-state index in [0.29, 0.717) is 5.56 Å². The zero-order valence-corrected chi connectivity index (χ0v) is 13.5. The summed E-state index contributed by atoms with van der Waals surface area (Å²) in [6.45, 7) is 0. The Labute approximate surface area is 136 Å². The SMILES string of the molecule is COC(=O)c1ccc2c3ccccc3[s+](-c3ccccc3)c2c1. The first-order valence-electron chi connectivity index (χ1n) is 7.40. The summed E-state index contributed by atoms with van der Waals surface area (Å²) in [4.78, 5) is 13.2. The molecule has 3 aromatic carbocycles. The largest absolute Gasteiger partial charge is 0.465 e. The molecule has 0 aliphatic carbocycles. The van der Waals surface area contributed by atoms with Gasteiger partial charge in [-0.2, -0.15) is 0 Å². The quantitative estimate of drug-likeness (QED) is 0.359. The summed E-state index contributed by atoms with van der Waals surface area (Å²) in [5.41, 5.74) is 0.604. The van der Waals surface area contributed by atoms with Gasteiger partial charge in [-0.15, -0.1) is 0 Å². The van der Waals surface area contributed by atoms with E-state index in [1.165, 1.54) is 32.2 Å². The van der Waals surface area contributed by atoms with Gasteiger partial charge < -0.3 is 4.74 Å². The second-order valence-corrected chi connectivity index (χ2v) is 7.28. The van der Waals surface area contributed by atoms with Crippen LogP contribution in [0.15, 0.2) is 72.8 Å². The molecule has 0 N–H and O–H groups in total. The second-order valence-electron chi connectivity index (χ2n) is 5.32. The molecule has 0 saturated carbocycles. The average molecular weight is 319 g/mol. The molecule has 2 nitrogen and oxygen atoms in total. The van der Waals surface area contributed by atoms with E-state index < -0.39 is 0 Å². The molecule has 4 aromatic rings. The molecule has 3 heteroatoms. The number of fused-ring (bicyclic) bond motifs is 3. The molecule has 0 radical (unpaired) electrons. The van der Waals surface area contributed by atoms with Crippen LogP contribution < -0.4 is 0 Å². The molecular formula is C20H15O2S+. The number of methoxy groups -OCH3 is 1. The highest BCUT2D eigenvalue weighted by Crippen LogP contribution is 2.48. The molecule has 1 unspecified atom stereocenters. The van der Waals surface area contributed by atoms with Gasteiger partial charge in [0.25, 0.3) is 0 Å². The molecule has 0 saturated heterocycles. The van der Waals surface area contributed by atoms with E-state index in [1.54, 1.807) is 0 Å². The zero-order chi connectivity index (χ0) is 15.8. The van der Waals surface area contributed by atoms with Crippen molar-refractivity contribution < 1.29 is 9.53 Å². The number of ether oxygens (including phenoxy) is 1. The van der Waals surface area contributed by atoms with E-state index in [2.05, 4.69) is 48.5 Å². The Morgan fingerprint density at radius 2 is 1.52 bits per heavy atom. The van der Waals surface area contributed by atoms with Gasteiger partial charge in [-0.1, -0.05) is 30.3 Å². The van der Waals surface area contributed by atoms with E-state index >= 15 is 0 Å². The zero-order valence-electron chi connectivity index (χ0n) is 12.7. The number of esters is 1. The van der Waals surface area contributed by atoms with Crippen LogP contribution in [0.25, 0.3) is 25.1 Å². The van der Waals surface area contributed by atoms with E-state index in [1.807, 2.05) is 24.3 Å². The van der Waals surface area contributed by atoms with Crippen molar-refractivity contribution in [1.82, 2.24) is 0 Å². The van der Waals surface area contributed by atoms with Crippen molar-refractivity contribution in [1.29, 1.82) is 0 Å². The number of thiophene rings is 1. The number of rotatable bonds is 2. The summed E-state index contributed by atoms with van der Waals surface area (Å²) in [6.07, 6.45) is 0. The predicted octanol–water partition coefficient (Wildman–Crippen LogP) is 5.52. The summed E-state index contributed by atoms with van der Waals surface area (Å²) in [7, 11) is 1.24. The predicted molar refractivity (Wildman–Crippen MR) is 96.6 cm³/mol. The molecule has 0 spiro atoms. The van der Waals surface area contributed by atoms with Crippen molar-refractivity contribution in [2.75, 3.05) is 7.11 Å². The summed E-state index contributed by atoms with van der Waals surface area (Å²) in [5, 5.41) is 2.46. The lowest BCUT2D eigenvalue weighted by molar-refractivity contribution is 0.0601. The van der Waals surface area contributed by atoms with Crippen LogP contribution in [0.4, 0.5) is 0 Å². The van der Waals surface area contributed by atoms with Crippen molar-refractivity contribution in [3.8, 4) is 4.90 Å². The van der Waals surface area contributed by atoms with Gasteiger partial charge in [0.2, 0.25) is 0 Å². The first-order chi connectivity index (χ1) is 11.3. The van der Waals surface area contributed by atoms with E-state index in [0.717, 1.165) is 0 Å². The first-order valence-corrected chi connectivity index (χ1v) is 8.63. The third-order valence-corrected chi connectivity index (χ3v) is 6.32. The van der Waals surface area contributed by atoms with Crippen LogP contribution in [-0.2, 0) is 4.74 Å². The molecule has 0 amide bonds. The maximum Gasteiger partial charge on any atom is 0.338 e. The maximum absolute atomic E-state index is 11.9. The Morgan fingerprint density at radius 3 is 2.30 bits per heavy atom. The van der Waals surface area contributed by atoms with Gasteiger partial charge in [0.15, 0.2) is 14.3 Å². The summed E-state index contributed by atoms with van der Waals surface area (Å²) in [5.74, 6) is -0.291. The van der Waals surface area contributed by atoms with Crippen LogP contribution in [0.3, 0.4) is 0 Å². The van der Waals surface area contributed by atoms with E-state index in [9.17, 15) is 4.79 Å². The summed E-state index contributed by atoms with van der Waals surface area (Å²) < 4.78 is 7.39. The molecule has 4 rings (SSSR count). The van der Waals surface area contributed by atoms with Crippen LogP contribution >= 0.6 is 10.5 Å². The molecule has 1 atom stereocenters. The smallest absolute Gasteiger partial charge is 0.338 e. The molecule has 0 fully saturated rings. The lowest BCUT2D eigenvalue weighted by Crippen LogP contribution is -2.00. The summed E-state index contributed by atoms with van der Waals surface area (Å²) >= 11 is 0. The van der Waals surface area contributed by atoms with Crippen molar-refractivity contribution in [2.45, 2.75) is 0 Å². The highest BCUT2D eigenvalue weighted by atomic mass is 32.2. The maximum atomic E-state index is 11.9. The molecule has 1 heterocycles. The van der Waals surface area contributed by atoms with Crippen LogP contribution in [0.2, 0.25) is 0 Å². The first kappa shape index (κ1) is 14.0. The van der Waals surface area contributed by atoms with Crippen LogP contribution in [-0.4, -0.2) is 13.1 Å². The number of carbonyl (C=O) groups is 1. The van der Waals surface area contributed by atoms with Crippen LogP contribution in [0.5, 0.6) is 0 Å². The van der Waals surface area contributed by atoms with Gasteiger partial charge >= 0.3 is 5.97 Å². The Morgan fingerprint density at radius 1 is 0.826 bits per heavy atom. The fourth-order valence-corrected chi connectivity index (χ4v) is 5.38. The number of benzene rings is 3. The average Bonchev–Trinajstić information content (AvgIpc) is 2.95. The Kier molecular flexibility index (Phi) is 3.36. The standard InChI is InChI=1S/C20H15O2S/c1-22-20(21)14-11-12-17-16-9-5-6-10-18(16)23(19(17)13-14)15-7-3-2-4-8-15/h2-13H,1H3/q+1. The monoisotopic (exact) mass is 319 g/mol. The lowest BCUT2D eigenvalue weighted by Gasteiger charge is -1.98. The number of hydrogen-bond donors (Lipinski definition) is 0. The third kappa shape index (κ3) is 2.21. The van der Waals surface area contributed by atoms with E-state index in [-0.39, 0.29) is 16.4 Å².